The molecule has 0 atom stereocenters. The maximum absolute atomic E-state index is 5.59. The Bertz CT molecular complexity index is 554. The minimum Gasteiger partial charge on any atom is -0.490 e. The van der Waals surface area contributed by atoms with Crippen LogP contribution in [0, 0.1) is 0 Å². The standard InChI is InChI=1S/C16H18N2O/c1-18(14-5-3-2-4-6-14)12-13-7-8-16-15(11-13)17-9-10-19-16/h2-8,11,17H,9-10,12H2,1H3. The van der Waals surface area contributed by atoms with Crippen LogP contribution in [0.5, 0.6) is 5.75 Å². The smallest absolute Gasteiger partial charge is 0.142 e. The molecule has 0 saturated carbocycles. The van der Waals surface area contributed by atoms with Crippen molar-refractivity contribution < 1.29 is 4.74 Å². The van der Waals surface area contributed by atoms with Crippen molar-refractivity contribution in [3.63, 3.8) is 0 Å². The van der Waals surface area contributed by atoms with Crippen LogP contribution in [-0.4, -0.2) is 20.2 Å². The van der Waals surface area contributed by atoms with Crippen LogP contribution in [0.4, 0.5) is 11.4 Å². The van der Waals surface area contributed by atoms with Gasteiger partial charge >= 0.3 is 0 Å². The van der Waals surface area contributed by atoms with Crippen molar-refractivity contribution in [3.8, 4) is 5.75 Å². The minimum absolute atomic E-state index is 0.746. The lowest BCUT2D eigenvalue weighted by Gasteiger charge is -2.22. The Morgan fingerprint density at radius 1 is 1.16 bits per heavy atom. The number of hydrogen-bond donors (Lipinski definition) is 1. The molecule has 0 unspecified atom stereocenters. The summed E-state index contributed by atoms with van der Waals surface area (Å²) in [6.07, 6.45) is 0. The quantitative estimate of drug-likeness (QED) is 0.910. The molecule has 0 fully saturated rings. The number of nitrogens with zero attached hydrogens (tertiary/aromatic N) is 1. The molecule has 1 aliphatic rings. The molecule has 1 N–H and O–H groups in total. The van der Waals surface area contributed by atoms with Crippen LogP contribution in [0.1, 0.15) is 5.56 Å². The summed E-state index contributed by atoms with van der Waals surface area (Å²) in [7, 11) is 2.11. The lowest BCUT2D eigenvalue weighted by atomic mass is 10.1. The van der Waals surface area contributed by atoms with E-state index >= 15 is 0 Å². The van der Waals surface area contributed by atoms with E-state index in [9.17, 15) is 0 Å². The molecule has 3 nitrogen and oxygen atoms in total. The average molecular weight is 254 g/mol. The third kappa shape index (κ3) is 2.65. The Balaban J connectivity index is 1.76. The predicted octanol–water partition coefficient (Wildman–Crippen LogP) is 3.13. The molecule has 0 aromatic heterocycles. The van der Waals surface area contributed by atoms with Crippen molar-refractivity contribution in [2.75, 3.05) is 30.4 Å². The molecular formula is C16H18N2O. The lowest BCUT2D eigenvalue weighted by Crippen LogP contribution is -2.19. The molecule has 0 bridgehead atoms. The Morgan fingerprint density at radius 3 is 2.84 bits per heavy atom. The number of fused-ring (bicyclic) bond motifs is 1. The van der Waals surface area contributed by atoms with E-state index in [1.807, 2.05) is 6.07 Å². The molecule has 19 heavy (non-hydrogen) atoms. The van der Waals surface area contributed by atoms with E-state index in [0.717, 1.165) is 31.1 Å². The second kappa shape index (κ2) is 5.22. The lowest BCUT2D eigenvalue weighted by molar-refractivity contribution is 0.323. The van der Waals surface area contributed by atoms with Gasteiger partial charge in [-0.15, -0.1) is 0 Å². The van der Waals surface area contributed by atoms with Crippen molar-refractivity contribution in [3.05, 3.63) is 54.1 Å². The second-order valence-corrected chi connectivity index (χ2v) is 4.80. The van der Waals surface area contributed by atoms with Gasteiger partial charge in [-0.1, -0.05) is 24.3 Å². The van der Waals surface area contributed by atoms with E-state index in [-0.39, 0.29) is 0 Å². The minimum atomic E-state index is 0.746. The number of anilines is 2. The molecule has 2 aromatic rings. The van der Waals surface area contributed by atoms with Crippen LogP contribution in [-0.2, 0) is 6.54 Å². The molecule has 0 amide bonds. The summed E-state index contributed by atoms with van der Waals surface area (Å²) in [5.74, 6) is 0.956. The molecule has 98 valence electrons. The summed E-state index contributed by atoms with van der Waals surface area (Å²) in [5.41, 5.74) is 3.61. The fourth-order valence-corrected chi connectivity index (χ4v) is 2.33. The van der Waals surface area contributed by atoms with E-state index in [1.54, 1.807) is 0 Å². The van der Waals surface area contributed by atoms with Crippen LogP contribution in [0.2, 0.25) is 0 Å². The zero-order valence-corrected chi connectivity index (χ0v) is 11.1. The third-order valence-electron chi connectivity index (χ3n) is 3.34. The topological polar surface area (TPSA) is 24.5 Å². The van der Waals surface area contributed by atoms with Gasteiger partial charge in [0, 0.05) is 25.8 Å². The van der Waals surface area contributed by atoms with Gasteiger partial charge in [0.05, 0.1) is 5.69 Å². The first-order valence-electron chi connectivity index (χ1n) is 6.59. The number of benzene rings is 2. The molecule has 2 aromatic carbocycles. The highest BCUT2D eigenvalue weighted by molar-refractivity contribution is 5.59. The van der Waals surface area contributed by atoms with Gasteiger partial charge < -0.3 is 15.0 Å². The van der Waals surface area contributed by atoms with Crippen molar-refractivity contribution in [2.24, 2.45) is 0 Å². The van der Waals surface area contributed by atoms with Crippen LogP contribution >= 0.6 is 0 Å². The fourth-order valence-electron chi connectivity index (χ4n) is 2.33. The SMILES string of the molecule is CN(Cc1ccc2c(c1)NCCO2)c1ccccc1. The van der Waals surface area contributed by atoms with E-state index < -0.39 is 0 Å². The van der Waals surface area contributed by atoms with E-state index in [2.05, 4.69) is 59.7 Å². The van der Waals surface area contributed by atoms with Crippen molar-refractivity contribution in [1.29, 1.82) is 0 Å². The highest BCUT2D eigenvalue weighted by Crippen LogP contribution is 2.28. The predicted molar refractivity (Wildman–Crippen MR) is 79.0 cm³/mol. The van der Waals surface area contributed by atoms with Crippen molar-refractivity contribution >= 4 is 11.4 Å². The van der Waals surface area contributed by atoms with Gasteiger partial charge in [0.1, 0.15) is 12.4 Å². The molecule has 3 heteroatoms. The fraction of sp³-hybridized carbons (Fsp3) is 0.250. The van der Waals surface area contributed by atoms with Gasteiger partial charge in [-0.05, 0) is 29.8 Å². The highest BCUT2D eigenvalue weighted by Gasteiger charge is 2.10. The number of nitrogens with one attached hydrogen (secondary N) is 1. The maximum atomic E-state index is 5.59. The summed E-state index contributed by atoms with van der Waals surface area (Å²) >= 11 is 0. The zero-order chi connectivity index (χ0) is 13.1. The van der Waals surface area contributed by atoms with Gasteiger partial charge in [-0.2, -0.15) is 0 Å². The highest BCUT2D eigenvalue weighted by atomic mass is 16.5. The van der Waals surface area contributed by atoms with Gasteiger partial charge in [0.2, 0.25) is 0 Å². The number of ether oxygens (including phenoxy) is 1. The summed E-state index contributed by atoms with van der Waals surface area (Å²) in [4.78, 5) is 2.24. The molecule has 1 heterocycles. The first kappa shape index (κ1) is 11.9. The first-order valence-corrected chi connectivity index (χ1v) is 6.59. The van der Waals surface area contributed by atoms with E-state index in [0.29, 0.717) is 0 Å². The summed E-state index contributed by atoms with van der Waals surface area (Å²) in [6.45, 7) is 2.51. The van der Waals surface area contributed by atoms with Crippen molar-refractivity contribution in [2.45, 2.75) is 6.54 Å². The normalized spacial score (nSPS) is 13.1. The summed E-state index contributed by atoms with van der Waals surface area (Å²) < 4.78 is 5.59. The Hall–Kier alpha value is -2.16. The Kier molecular flexibility index (Phi) is 3.27. The maximum Gasteiger partial charge on any atom is 0.142 e. The Labute approximate surface area is 113 Å². The van der Waals surface area contributed by atoms with Crippen molar-refractivity contribution in [1.82, 2.24) is 0 Å². The monoisotopic (exact) mass is 254 g/mol. The van der Waals surface area contributed by atoms with Crippen LogP contribution in [0.15, 0.2) is 48.5 Å². The molecule has 0 saturated heterocycles. The molecular weight excluding hydrogens is 236 g/mol. The van der Waals surface area contributed by atoms with Crippen LogP contribution in [0.25, 0.3) is 0 Å². The van der Waals surface area contributed by atoms with Gasteiger partial charge in [-0.25, -0.2) is 0 Å². The van der Waals surface area contributed by atoms with Crippen LogP contribution in [0.3, 0.4) is 0 Å². The average Bonchev–Trinajstić information content (AvgIpc) is 2.48. The molecule has 0 spiro atoms. The van der Waals surface area contributed by atoms with E-state index in [1.165, 1.54) is 11.3 Å². The number of rotatable bonds is 3. The van der Waals surface area contributed by atoms with Gasteiger partial charge in [-0.3, -0.25) is 0 Å². The second-order valence-electron chi connectivity index (χ2n) is 4.80. The van der Waals surface area contributed by atoms with E-state index in [4.69, 9.17) is 4.74 Å². The summed E-state index contributed by atoms with van der Waals surface area (Å²) in [5, 5.41) is 3.37. The number of para-hydroxylation sites is 1. The zero-order valence-electron chi connectivity index (χ0n) is 11.1. The Morgan fingerprint density at radius 2 is 2.00 bits per heavy atom. The first-order chi connectivity index (χ1) is 9.33. The molecule has 1 aliphatic heterocycles. The largest absolute Gasteiger partial charge is 0.490 e. The molecule has 0 radical (unpaired) electrons. The number of hydrogen-bond acceptors (Lipinski definition) is 3. The molecule has 0 aliphatic carbocycles. The van der Waals surface area contributed by atoms with Crippen LogP contribution < -0.4 is 15.0 Å². The third-order valence-corrected chi connectivity index (χ3v) is 3.34. The summed E-state index contributed by atoms with van der Waals surface area (Å²) in [6, 6.07) is 16.8. The molecule has 3 rings (SSSR count). The van der Waals surface area contributed by atoms with Gasteiger partial charge in [0.15, 0.2) is 0 Å². The van der Waals surface area contributed by atoms with Gasteiger partial charge in [0.25, 0.3) is 0 Å².